The van der Waals surface area contributed by atoms with Crippen LogP contribution >= 0.6 is 11.3 Å². The summed E-state index contributed by atoms with van der Waals surface area (Å²) in [6, 6.07) is 2.25. The third-order valence-electron chi connectivity index (χ3n) is 1.41. The SMILES string of the molecule is CNCCc1cc(C)cs1. The van der Waals surface area contributed by atoms with Crippen LogP contribution in [0.5, 0.6) is 0 Å². The Labute approximate surface area is 66.1 Å². The summed E-state index contributed by atoms with van der Waals surface area (Å²) in [7, 11) is 1.99. The van der Waals surface area contributed by atoms with Crippen LogP contribution in [0.3, 0.4) is 0 Å². The van der Waals surface area contributed by atoms with E-state index >= 15 is 0 Å². The second-order valence-corrected chi connectivity index (χ2v) is 3.44. The minimum absolute atomic E-state index is 1.08. The number of hydrogen-bond acceptors (Lipinski definition) is 2. The van der Waals surface area contributed by atoms with Crippen molar-refractivity contribution in [1.82, 2.24) is 5.32 Å². The van der Waals surface area contributed by atoms with Gasteiger partial charge in [-0.05, 0) is 43.9 Å². The molecule has 0 aliphatic heterocycles. The van der Waals surface area contributed by atoms with Crippen molar-refractivity contribution in [3.05, 3.63) is 21.9 Å². The van der Waals surface area contributed by atoms with Gasteiger partial charge in [0, 0.05) is 4.88 Å². The lowest BCUT2D eigenvalue weighted by molar-refractivity contribution is 0.799. The molecule has 10 heavy (non-hydrogen) atoms. The van der Waals surface area contributed by atoms with Gasteiger partial charge >= 0.3 is 0 Å². The molecule has 0 aliphatic carbocycles. The highest BCUT2D eigenvalue weighted by Gasteiger charge is 1.93. The third-order valence-corrected chi connectivity index (χ3v) is 2.52. The standard InChI is InChI=1S/C8H13NS/c1-7-5-8(10-6-7)3-4-9-2/h5-6,9H,3-4H2,1-2H3. The topological polar surface area (TPSA) is 12.0 Å². The quantitative estimate of drug-likeness (QED) is 0.702. The zero-order valence-electron chi connectivity index (χ0n) is 6.48. The van der Waals surface area contributed by atoms with Crippen molar-refractivity contribution in [3.8, 4) is 0 Å². The molecule has 0 aromatic carbocycles. The van der Waals surface area contributed by atoms with E-state index < -0.39 is 0 Å². The Morgan fingerprint density at radius 3 is 2.90 bits per heavy atom. The molecule has 1 N–H and O–H groups in total. The molecule has 1 nitrogen and oxygen atoms in total. The summed E-state index contributed by atoms with van der Waals surface area (Å²) in [6.45, 7) is 3.22. The molecule has 0 aliphatic rings. The normalized spacial score (nSPS) is 10.2. The smallest absolute Gasteiger partial charge is 0.00605 e. The fourth-order valence-electron chi connectivity index (χ4n) is 0.870. The highest BCUT2D eigenvalue weighted by molar-refractivity contribution is 7.10. The monoisotopic (exact) mass is 155 g/mol. The zero-order valence-corrected chi connectivity index (χ0v) is 7.29. The number of rotatable bonds is 3. The second kappa shape index (κ2) is 3.74. The second-order valence-electron chi connectivity index (χ2n) is 2.44. The number of hydrogen-bond donors (Lipinski definition) is 1. The minimum atomic E-state index is 1.08. The summed E-state index contributed by atoms with van der Waals surface area (Å²) >= 11 is 1.85. The maximum atomic E-state index is 3.13. The zero-order chi connectivity index (χ0) is 7.40. The summed E-state index contributed by atoms with van der Waals surface area (Å²) in [4.78, 5) is 1.48. The molecule has 0 atom stereocenters. The maximum Gasteiger partial charge on any atom is 0.00605 e. The molecule has 1 aromatic heterocycles. The van der Waals surface area contributed by atoms with Crippen LogP contribution in [0, 0.1) is 6.92 Å². The molecular formula is C8H13NS. The van der Waals surface area contributed by atoms with Crippen molar-refractivity contribution in [2.45, 2.75) is 13.3 Å². The van der Waals surface area contributed by atoms with E-state index in [-0.39, 0.29) is 0 Å². The molecule has 0 spiro atoms. The van der Waals surface area contributed by atoms with Gasteiger partial charge in [-0.2, -0.15) is 0 Å². The first-order valence-corrected chi connectivity index (χ1v) is 4.39. The Morgan fingerprint density at radius 2 is 2.40 bits per heavy atom. The largest absolute Gasteiger partial charge is 0.319 e. The Morgan fingerprint density at radius 1 is 1.60 bits per heavy atom. The predicted molar refractivity (Wildman–Crippen MR) is 46.7 cm³/mol. The van der Waals surface area contributed by atoms with E-state index in [1.807, 2.05) is 18.4 Å². The van der Waals surface area contributed by atoms with Gasteiger partial charge in [-0.25, -0.2) is 0 Å². The molecule has 1 heterocycles. The number of thiophene rings is 1. The molecule has 0 saturated heterocycles. The fourth-order valence-corrected chi connectivity index (χ4v) is 1.75. The first kappa shape index (κ1) is 7.76. The predicted octanol–water partition coefficient (Wildman–Crippen LogP) is 1.82. The van der Waals surface area contributed by atoms with Gasteiger partial charge in [0.2, 0.25) is 0 Å². The van der Waals surface area contributed by atoms with Crippen molar-refractivity contribution >= 4 is 11.3 Å². The van der Waals surface area contributed by atoms with Crippen LogP contribution in [0.25, 0.3) is 0 Å². The molecule has 1 rings (SSSR count). The molecule has 0 amide bonds. The third kappa shape index (κ3) is 2.12. The number of aryl methyl sites for hydroxylation is 1. The van der Waals surface area contributed by atoms with E-state index in [0.29, 0.717) is 0 Å². The van der Waals surface area contributed by atoms with Gasteiger partial charge < -0.3 is 5.32 Å². The lowest BCUT2D eigenvalue weighted by Gasteiger charge is -1.93. The Balaban J connectivity index is 2.42. The van der Waals surface area contributed by atoms with Gasteiger partial charge in [0.15, 0.2) is 0 Å². The van der Waals surface area contributed by atoms with Crippen molar-refractivity contribution in [2.24, 2.45) is 0 Å². The summed E-state index contributed by atoms with van der Waals surface area (Å²) in [5, 5.41) is 5.33. The molecule has 0 bridgehead atoms. The molecule has 0 saturated carbocycles. The highest BCUT2D eigenvalue weighted by atomic mass is 32.1. The molecular weight excluding hydrogens is 142 g/mol. The van der Waals surface area contributed by atoms with Crippen LogP contribution in [0.2, 0.25) is 0 Å². The van der Waals surface area contributed by atoms with Gasteiger partial charge in [-0.3, -0.25) is 0 Å². The van der Waals surface area contributed by atoms with Crippen LogP contribution in [-0.2, 0) is 6.42 Å². The summed E-state index contributed by atoms with van der Waals surface area (Å²) < 4.78 is 0. The molecule has 56 valence electrons. The average Bonchev–Trinajstić information content (AvgIpc) is 2.31. The van der Waals surface area contributed by atoms with E-state index in [1.165, 1.54) is 10.4 Å². The fraction of sp³-hybridized carbons (Fsp3) is 0.500. The van der Waals surface area contributed by atoms with Crippen LogP contribution in [0.15, 0.2) is 11.4 Å². The van der Waals surface area contributed by atoms with E-state index in [4.69, 9.17) is 0 Å². The molecule has 0 unspecified atom stereocenters. The first-order chi connectivity index (χ1) is 4.83. The van der Waals surface area contributed by atoms with Crippen molar-refractivity contribution in [3.63, 3.8) is 0 Å². The Hall–Kier alpha value is -0.340. The lowest BCUT2D eigenvalue weighted by atomic mass is 10.3. The van der Waals surface area contributed by atoms with Gasteiger partial charge in [-0.15, -0.1) is 11.3 Å². The van der Waals surface area contributed by atoms with Crippen LogP contribution in [0.4, 0.5) is 0 Å². The molecule has 2 heteroatoms. The van der Waals surface area contributed by atoms with Crippen molar-refractivity contribution < 1.29 is 0 Å². The van der Waals surface area contributed by atoms with Gasteiger partial charge in [0.1, 0.15) is 0 Å². The molecule has 1 aromatic rings. The van der Waals surface area contributed by atoms with E-state index in [2.05, 4.69) is 23.7 Å². The highest BCUT2D eigenvalue weighted by Crippen LogP contribution is 2.13. The Kier molecular flexibility index (Phi) is 2.90. The minimum Gasteiger partial charge on any atom is -0.319 e. The van der Waals surface area contributed by atoms with E-state index in [9.17, 15) is 0 Å². The van der Waals surface area contributed by atoms with E-state index in [0.717, 1.165) is 13.0 Å². The number of nitrogens with one attached hydrogen (secondary N) is 1. The van der Waals surface area contributed by atoms with Crippen molar-refractivity contribution in [2.75, 3.05) is 13.6 Å². The van der Waals surface area contributed by atoms with E-state index in [1.54, 1.807) is 0 Å². The first-order valence-electron chi connectivity index (χ1n) is 3.51. The summed E-state index contributed by atoms with van der Waals surface area (Å²) in [6.07, 6.45) is 1.16. The van der Waals surface area contributed by atoms with Crippen LogP contribution in [0.1, 0.15) is 10.4 Å². The van der Waals surface area contributed by atoms with Crippen LogP contribution < -0.4 is 5.32 Å². The molecule has 0 radical (unpaired) electrons. The van der Waals surface area contributed by atoms with Gasteiger partial charge in [0.25, 0.3) is 0 Å². The number of likely N-dealkylation sites (N-methyl/N-ethyl adjacent to an activating group) is 1. The summed E-state index contributed by atoms with van der Waals surface area (Å²) in [5.41, 5.74) is 1.39. The van der Waals surface area contributed by atoms with Gasteiger partial charge in [0.05, 0.1) is 0 Å². The van der Waals surface area contributed by atoms with Gasteiger partial charge in [-0.1, -0.05) is 0 Å². The van der Waals surface area contributed by atoms with Crippen LogP contribution in [-0.4, -0.2) is 13.6 Å². The lowest BCUT2D eigenvalue weighted by Crippen LogP contribution is -2.09. The average molecular weight is 155 g/mol. The summed E-state index contributed by atoms with van der Waals surface area (Å²) in [5.74, 6) is 0. The maximum absolute atomic E-state index is 3.13. The van der Waals surface area contributed by atoms with Crippen molar-refractivity contribution in [1.29, 1.82) is 0 Å². The Bertz CT molecular complexity index is 193. The molecule has 0 fully saturated rings.